The second-order valence-corrected chi connectivity index (χ2v) is 6.40. The molecule has 1 N–H and O–H groups in total. The third kappa shape index (κ3) is 5.66. The first kappa shape index (κ1) is 18.5. The minimum atomic E-state index is -0.512. The van der Waals surface area contributed by atoms with Gasteiger partial charge in [-0.2, -0.15) is 0 Å². The number of rotatable bonds is 9. The van der Waals surface area contributed by atoms with Crippen LogP contribution >= 0.6 is 0 Å². The number of benzene rings is 2. The second kappa shape index (κ2) is 9.45. The first-order chi connectivity index (χ1) is 11.6. The number of aliphatic hydroxyl groups excluding tert-OH is 1. The smallest absolute Gasteiger partial charge is 0.122 e. The second-order valence-electron chi connectivity index (χ2n) is 6.40. The molecule has 2 unspecified atom stereocenters. The highest BCUT2D eigenvalue weighted by molar-refractivity contribution is 5.31. The molecule has 0 aliphatic heterocycles. The van der Waals surface area contributed by atoms with Crippen molar-refractivity contribution in [1.82, 2.24) is 4.90 Å². The molecule has 0 aliphatic carbocycles. The van der Waals surface area contributed by atoms with E-state index in [4.69, 9.17) is 4.74 Å². The Morgan fingerprint density at radius 2 is 1.71 bits per heavy atom. The van der Waals surface area contributed by atoms with Gasteiger partial charge in [0.05, 0.1) is 0 Å². The molecule has 0 bridgehead atoms. The van der Waals surface area contributed by atoms with Gasteiger partial charge in [-0.25, -0.2) is 0 Å². The molecule has 2 rings (SSSR count). The van der Waals surface area contributed by atoms with Gasteiger partial charge < -0.3 is 9.84 Å². The summed E-state index contributed by atoms with van der Waals surface area (Å²) in [6.07, 6.45) is 0.542. The molecular formula is C21H29NO2. The molecule has 0 aromatic heterocycles. The van der Waals surface area contributed by atoms with Crippen molar-refractivity contribution in [1.29, 1.82) is 0 Å². The third-order valence-electron chi connectivity index (χ3n) is 4.41. The van der Waals surface area contributed by atoms with Gasteiger partial charge in [0, 0.05) is 19.1 Å². The normalized spacial score (nSPS) is 13.7. The van der Waals surface area contributed by atoms with Crippen molar-refractivity contribution in [3.63, 3.8) is 0 Å². The van der Waals surface area contributed by atoms with Crippen molar-refractivity contribution in [2.24, 2.45) is 0 Å². The van der Waals surface area contributed by atoms with E-state index in [-0.39, 0.29) is 0 Å². The van der Waals surface area contributed by atoms with Crippen molar-refractivity contribution < 1.29 is 9.84 Å². The van der Waals surface area contributed by atoms with E-state index < -0.39 is 6.10 Å². The number of ether oxygens (including phenoxy) is 1. The SMILES string of the molecule is CCC(C)N(Cc1ccccc1)CC(O)COc1ccccc1C. The van der Waals surface area contributed by atoms with Crippen LogP contribution < -0.4 is 4.74 Å². The highest BCUT2D eigenvalue weighted by Crippen LogP contribution is 2.17. The van der Waals surface area contributed by atoms with Crippen LogP contribution in [0, 0.1) is 6.92 Å². The summed E-state index contributed by atoms with van der Waals surface area (Å²) in [6, 6.07) is 18.7. The van der Waals surface area contributed by atoms with Crippen molar-refractivity contribution in [2.75, 3.05) is 13.2 Å². The van der Waals surface area contributed by atoms with Gasteiger partial charge in [-0.1, -0.05) is 55.5 Å². The van der Waals surface area contributed by atoms with Gasteiger partial charge in [-0.05, 0) is 37.5 Å². The molecule has 0 spiro atoms. The summed E-state index contributed by atoms with van der Waals surface area (Å²) < 4.78 is 5.79. The number of para-hydroxylation sites is 1. The molecule has 0 radical (unpaired) electrons. The Bertz CT molecular complexity index is 600. The van der Waals surface area contributed by atoms with Crippen LogP contribution in [0.4, 0.5) is 0 Å². The molecule has 2 aromatic carbocycles. The molecule has 2 aromatic rings. The molecule has 3 nitrogen and oxygen atoms in total. The standard InChI is InChI=1S/C21H29NO2/c1-4-18(3)22(14-19-11-6-5-7-12-19)15-20(23)16-24-21-13-9-8-10-17(21)2/h5-13,18,20,23H,4,14-16H2,1-3H3. The van der Waals surface area contributed by atoms with Crippen LogP contribution in [-0.4, -0.2) is 35.3 Å². The maximum absolute atomic E-state index is 10.4. The number of hydrogen-bond acceptors (Lipinski definition) is 3. The Labute approximate surface area is 145 Å². The van der Waals surface area contributed by atoms with Gasteiger partial charge in [-0.3, -0.25) is 4.90 Å². The van der Waals surface area contributed by atoms with E-state index in [0.717, 1.165) is 24.3 Å². The minimum absolute atomic E-state index is 0.312. The number of aryl methyl sites for hydroxylation is 1. The minimum Gasteiger partial charge on any atom is -0.491 e. The number of hydrogen-bond donors (Lipinski definition) is 1. The van der Waals surface area contributed by atoms with Crippen LogP contribution in [0.1, 0.15) is 31.4 Å². The Hall–Kier alpha value is -1.84. The fraction of sp³-hybridized carbons (Fsp3) is 0.429. The summed E-state index contributed by atoms with van der Waals surface area (Å²) in [5, 5.41) is 10.4. The van der Waals surface area contributed by atoms with Crippen LogP contribution in [0.3, 0.4) is 0 Å². The van der Waals surface area contributed by atoms with Gasteiger partial charge in [0.2, 0.25) is 0 Å². The Morgan fingerprint density at radius 3 is 2.38 bits per heavy atom. The molecular weight excluding hydrogens is 298 g/mol. The summed E-state index contributed by atoms with van der Waals surface area (Å²) in [7, 11) is 0. The molecule has 0 aliphatic rings. The first-order valence-corrected chi connectivity index (χ1v) is 8.74. The lowest BCUT2D eigenvalue weighted by Gasteiger charge is -2.30. The molecule has 0 saturated carbocycles. The van der Waals surface area contributed by atoms with E-state index in [9.17, 15) is 5.11 Å². The maximum Gasteiger partial charge on any atom is 0.122 e. The summed E-state index contributed by atoms with van der Waals surface area (Å²) in [4.78, 5) is 2.32. The van der Waals surface area contributed by atoms with Gasteiger partial charge in [-0.15, -0.1) is 0 Å². The van der Waals surface area contributed by atoms with E-state index in [1.807, 2.05) is 37.3 Å². The average Bonchev–Trinajstić information content (AvgIpc) is 2.60. The first-order valence-electron chi connectivity index (χ1n) is 8.74. The van der Waals surface area contributed by atoms with Crippen molar-refractivity contribution in [3.8, 4) is 5.75 Å². The van der Waals surface area contributed by atoms with Crippen LogP contribution in [0.15, 0.2) is 54.6 Å². The predicted octanol–water partition coefficient (Wildman–Crippen LogP) is 4.04. The topological polar surface area (TPSA) is 32.7 Å². The van der Waals surface area contributed by atoms with E-state index in [1.54, 1.807) is 0 Å². The van der Waals surface area contributed by atoms with Crippen molar-refractivity contribution in [2.45, 2.75) is 45.9 Å². The third-order valence-corrected chi connectivity index (χ3v) is 4.41. The zero-order chi connectivity index (χ0) is 17.4. The van der Waals surface area contributed by atoms with E-state index in [2.05, 4.69) is 43.0 Å². The predicted molar refractivity (Wildman–Crippen MR) is 99.3 cm³/mol. The summed E-state index contributed by atoms with van der Waals surface area (Å²) in [5.41, 5.74) is 2.36. The Morgan fingerprint density at radius 1 is 1.04 bits per heavy atom. The fourth-order valence-electron chi connectivity index (χ4n) is 2.70. The van der Waals surface area contributed by atoms with E-state index in [0.29, 0.717) is 19.2 Å². The summed E-state index contributed by atoms with van der Waals surface area (Å²) in [6.45, 7) is 8.17. The highest BCUT2D eigenvalue weighted by atomic mass is 16.5. The molecule has 3 heteroatoms. The fourth-order valence-corrected chi connectivity index (χ4v) is 2.70. The highest BCUT2D eigenvalue weighted by Gasteiger charge is 2.17. The summed E-state index contributed by atoms with van der Waals surface area (Å²) >= 11 is 0. The van der Waals surface area contributed by atoms with Crippen molar-refractivity contribution in [3.05, 3.63) is 65.7 Å². The number of nitrogens with zero attached hydrogens (tertiary/aromatic N) is 1. The van der Waals surface area contributed by atoms with Crippen LogP contribution in [-0.2, 0) is 6.54 Å². The molecule has 0 fully saturated rings. The molecule has 130 valence electrons. The maximum atomic E-state index is 10.4. The molecule has 24 heavy (non-hydrogen) atoms. The van der Waals surface area contributed by atoms with Gasteiger partial charge in [0.1, 0.15) is 18.5 Å². The quantitative estimate of drug-likeness (QED) is 0.754. The lowest BCUT2D eigenvalue weighted by molar-refractivity contribution is 0.0504. The summed E-state index contributed by atoms with van der Waals surface area (Å²) in [5.74, 6) is 0.842. The van der Waals surface area contributed by atoms with Gasteiger partial charge in [0.15, 0.2) is 0 Å². The number of aliphatic hydroxyl groups is 1. The zero-order valence-electron chi connectivity index (χ0n) is 15.0. The molecule has 2 atom stereocenters. The lowest BCUT2D eigenvalue weighted by Crippen LogP contribution is -2.40. The monoisotopic (exact) mass is 327 g/mol. The lowest BCUT2D eigenvalue weighted by atomic mass is 10.1. The van der Waals surface area contributed by atoms with Gasteiger partial charge in [0.25, 0.3) is 0 Å². The van der Waals surface area contributed by atoms with Crippen LogP contribution in [0.2, 0.25) is 0 Å². The molecule has 0 heterocycles. The van der Waals surface area contributed by atoms with E-state index in [1.165, 1.54) is 5.56 Å². The zero-order valence-corrected chi connectivity index (χ0v) is 15.0. The average molecular weight is 327 g/mol. The van der Waals surface area contributed by atoms with Crippen molar-refractivity contribution >= 4 is 0 Å². The van der Waals surface area contributed by atoms with Gasteiger partial charge >= 0.3 is 0 Å². The van der Waals surface area contributed by atoms with E-state index >= 15 is 0 Å². The molecule has 0 amide bonds. The Kier molecular flexibility index (Phi) is 7.29. The van der Waals surface area contributed by atoms with Crippen LogP contribution in [0.5, 0.6) is 5.75 Å². The molecule has 0 saturated heterocycles. The Balaban J connectivity index is 1.92. The largest absolute Gasteiger partial charge is 0.491 e. The van der Waals surface area contributed by atoms with Crippen LogP contribution in [0.25, 0.3) is 0 Å².